The number of hydrogen-bond donors (Lipinski definition) is 1. The molecule has 102 valence electrons. The molecule has 1 aromatic rings. The molecule has 1 heterocycles. The third-order valence-electron chi connectivity index (χ3n) is 4.20. The minimum atomic E-state index is 0.635. The maximum absolute atomic E-state index is 4.37. The van der Waals surface area contributed by atoms with E-state index >= 15 is 0 Å². The Labute approximate surface area is 111 Å². The summed E-state index contributed by atoms with van der Waals surface area (Å²) in [5.41, 5.74) is 1.32. The van der Waals surface area contributed by atoms with Crippen LogP contribution >= 0.6 is 0 Å². The van der Waals surface area contributed by atoms with Crippen LogP contribution in [0.25, 0.3) is 0 Å². The molecule has 0 radical (unpaired) electrons. The number of aryl methyl sites for hydroxylation is 1. The van der Waals surface area contributed by atoms with Crippen molar-refractivity contribution in [3.8, 4) is 0 Å². The van der Waals surface area contributed by atoms with Crippen LogP contribution in [0.2, 0.25) is 0 Å². The van der Waals surface area contributed by atoms with E-state index in [9.17, 15) is 0 Å². The molecule has 0 bridgehead atoms. The number of rotatable bonds is 6. The Morgan fingerprint density at radius 2 is 2.17 bits per heavy atom. The van der Waals surface area contributed by atoms with E-state index in [-0.39, 0.29) is 0 Å². The van der Waals surface area contributed by atoms with Crippen LogP contribution in [0.3, 0.4) is 0 Å². The second-order valence-electron chi connectivity index (χ2n) is 5.61. The van der Waals surface area contributed by atoms with Gasteiger partial charge in [-0.05, 0) is 38.2 Å². The molecule has 3 nitrogen and oxygen atoms in total. The summed E-state index contributed by atoms with van der Waals surface area (Å²) in [6.07, 6.45) is 10.1. The lowest BCUT2D eigenvalue weighted by molar-refractivity contribution is 0.279. The fourth-order valence-corrected chi connectivity index (χ4v) is 2.99. The van der Waals surface area contributed by atoms with Crippen LogP contribution in [0.1, 0.15) is 58.1 Å². The quantitative estimate of drug-likeness (QED) is 0.838. The highest BCUT2D eigenvalue weighted by molar-refractivity contribution is 5.00. The summed E-state index contributed by atoms with van der Waals surface area (Å²) in [5.74, 6) is 0.876. The Kier molecular flexibility index (Phi) is 5.24. The van der Waals surface area contributed by atoms with Crippen molar-refractivity contribution in [3.05, 3.63) is 18.0 Å². The smallest absolute Gasteiger partial charge is 0.0522 e. The predicted molar refractivity (Wildman–Crippen MR) is 75.4 cm³/mol. The van der Waals surface area contributed by atoms with Crippen molar-refractivity contribution in [2.75, 3.05) is 0 Å². The Morgan fingerprint density at radius 1 is 1.39 bits per heavy atom. The highest BCUT2D eigenvalue weighted by Gasteiger charge is 2.19. The molecular formula is C15H27N3. The van der Waals surface area contributed by atoms with Crippen molar-refractivity contribution in [2.45, 2.75) is 71.5 Å². The van der Waals surface area contributed by atoms with Crippen molar-refractivity contribution < 1.29 is 0 Å². The fourth-order valence-electron chi connectivity index (χ4n) is 2.99. The SMILES string of the molecule is CCCn1nccc1CN[C@@H](C)C1CCCCC1. The van der Waals surface area contributed by atoms with Gasteiger partial charge in [-0.3, -0.25) is 4.68 Å². The maximum atomic E-state index is 4.37. The van der Waals surface area contributed by atoms with E-state index in [1.54, 1.807) is 0 Å². The van der Waals surface area contributed by atoms with Crippen molar-refractivity contribution in [1.82, 2.24) is 15.1 Å². The van der Waals surface area contributed by atoms with Crippen LogP contribution < -0.4 is 5.32 Å². The van der Waals surface area contributed by atoms with Gasteiger partial charge in [0.25, 0.3) is 0 Å². The molecule has 18 heavy (non-hydrogen) atoms. The lowest BCUT2D eigenvalue weighted by atomic mass is 9.84. The van der Waals surface area contributed by atoms with Crippen LogP contribution in [-0.2, 0) is 13.1 Å². The first-order chi connectivity index (χ1) is 8.81. The molecule has 0 aromatic carbocycles. The molecule has 0 saturated heterocycles. The molecule has 0 unspecified atom stereocenters. The molecule has 0 spiro atoms. The van der Waals surface area contributed by atoms with Gasteiger partial charge in [-0.1, -0.05) is 26.2 Å². The zero-order valence-corrected chi connectivity index (χ0v) is 11.9. The van der Waals surface area contributed by atoms with Gasteiger partial charge in [0.05, 0.1) is 5.69 Å². The third-order valence-corrected chi connectivity index (χ3v) is 4.20. The summed E-state index contributed by atoms with van der Waals surface area (Å²) in [6, 6.07) is 2.77. The number of aromatic nitrogens is 2. The fraction of sp³-hybridized carbons (Fsp3) is 0.800. The summed E-state index contributed by atoms with van der Waals surface area (Å²) >= 11 is 0. The van der Waals surface area contributed by atoms with Gasteiger partial charge in [-0.15, -0.1) is 0 Å². The first-order valence-electron chi connectivity index (χ1n) is 7.55. The van der Waals surface area contributed by atoms with Gasteiger partial charge in [0.15, 0.2) is 0 Å². The largest absolute Gasteiger partial charge is 0.308 e. The van der Waals surface area contributed by atoms with Gasteiger partial charge in [-0.2, -0.15) is 5.10 Å². The molecule has 3 heteroatoms. The van der Waals surface area contributed by atoms with Crippen molar-refractivity contribution in [3.63, 3.8) is 0 Å². The number of hydrogen-bond acceptors (Lipinski definition) is 2. The van der Waals surface area contributed by atoms with E-state index in [4.69, 9.17) is 0 Å². The Hall–Kier alpha value is -0.830. The van der Waals surface area contributed by atoms with Crippen LogP contribution in [0.4, 0.5) is 0 Å². The van der Waals surface area contributed by atoms with Gasteiger partial charge < -0.3 is 5.32 Å². The first kappa shape index (κ1) is 13.6. The van der Waals surface area contributed by atoms with Gasteiger partial charge in [0.2, 0.25) is 0 Å². The predicted octanol–water partition coefficient (Wildman–Crippen LogP) is 3.35. The van der Waals surface area contributed by atoms with E-state index in [1.807, 2.05) is 6.20 Å². The minimum Gasteiger partial charge on any atom is -0.308 e. The second-order valence-corrected chi connectivity index (χ2v) is 5.61. The summed E-state index contributed by atoms with van der Waals surface area (Å²) < 4.78 is 2.13. The molecule has 0 amide bonds. The standard InChI is InChI=1S/C15H27N3/c1-3-11-18-15(9-10-17-18)12-16-13(2)14-7-5-4-6-8-14/h9-10,13-14,16H,3-8,11-12H2,1-2H3/t13-/m0/s1. The highest BCUT2D eigenvalue weighted by atomic mass is 15.3. The zero-order chi connectivity index (χ0) is 12.8. The maximum Gasteiger partial charge on any atom is 0.0522 e. The Morgan fingerprint density at radius 3 is 2.89 bits per heavy atom. The lowest BCUT2D eigenvalue weighted by Crippen LogP contribution is -2.34. The molecule has 1 N–H and O–H groups in total. The molecule has 1 atom stereocenters. The Bertz CT molecular complexity index is 339. The van der Waals surface area contributed by atoms with E-state index in [2.05, 4.69) is 35.0 Å². The molecule has 1 aliphatic carbocycles. The van der Waals surface area contributed by atoms with E-state index < -0.39 is 0 Å². The second kappa shape index (κ2) is 6.93. The number of nitrogens with one attached hydrogen (secondary N) is 1. The first-order valence-corrected chi connectivity index (χ1v) is 7.55. The third kappa shape index (κ3) is 3.58. The topological polar surface area (TPSA) is 29.9 Å². The molecule has 1 saturated carbocycles. The molecule has 2 rings (SSSR count). The van der Waals surface area contributed by atoms with Crippen molar-refractivity contribution >= 4 is 0 Å². The van der Waals surface area contributed by atoms with Gasteiger partial charge >= 0.3 is 0 Å². The lowest BCUT2D eigenvalue weighted by Gasteiger charge is -2.28. The zero-order valence-electron chi connectivity index (χ0n) is 11.9. The van der Waals surface area contributed by atoms with Gasteiger partial charge in [0, 0.05) is 25.3 Å². The molecule has 1 aliphatic rings. The summed E-state index contributed by atoms with van der Waals surface area (Å²) in [4.78, 5) is 0. The van der Waals surface area contributed by atoms with Crippen LogP contribution in [0.15, 0.2) is 12.3 Å². The summed E-state index contributed by atoms with van der Waals surface area (Å²) in [6.45, 7) is 6.53. The summed E-state index contributed by atoms with van der Waals surface area (Å²) in [5, 5.41) is 8.07. The van der Waals surface area contributed by atoms with Gasteiger partial charge in [0.1, 0.15) is 0 Å². The van der Waals surface area contributed by atoms with Crippen LogP contribution in [0, 0.1) is 5.92 Å². The molecule has 1 fully saturated rings. The number of nitrogens with zero attached hydrogens (tertiary/aromatic N) is 2. The van der Waals surface area contributed by atoms with E-state index in [0.717, 1.165) is 25.4 Å². The normalized spacial score (nSPS) is 19.0. The Balaban J connectivity index is 1.80. The van der Waals surface area contributed by atoms with Crippen molar-refractivity contribution in [1.29, 1.82) is 0 Å². The van der Waals surface area contributed by atoms with Gasteiger partial charge in [-0.25, -0.2) is 0 Å². The monoisotopic (exact) mass is 249 g/mol. The van der Waals surface area contributed by atoms with Crippen molar-refractivity contribution in [2.24, 2.45) is 5.92 Å². The molecule has 0 aliphatic heterocycles. The molecule has 1 aromatic heterocycles. The van der Waals surface area contributed by atoms with Crippen LogP contribution in [0.5, 0.6) is 0 Å². The molecular weight excluding hydrogens is 222 g/mol. The average molecular weight is 249 g/mol. The highest BCUT2D eigenvalue weighted by Crippen LogP contribution is 2.26. The minimum absolute atomic E-state index is 0.635. The summed E-state index contributed by atoms with van der Waals surface area (Å²) in [7, 11) is 0. The van der Waals surface area contributed by atoms with E-state index in [1.165, 1.54) is 37.8 Å². The van der Waals surface area contributed by atoms with Crippen LogP contribution in [-0.4, -0.2) is 15.8 Å². The van der Waals surface area contributed by atoms with E-state index in [0.29, 0.717) is 6.04 Å². The average Bonchev–Trinajstić information content (AvgIpc) is 2.85.